The number of hydrogen-bond donors (Lipinski definition) is 1. The molecule has 0 spiro atoms. The van der Waals surface area contributed by atoms with Crippen molar-refractivity contribution in [2.24, 2.45) is 0 Å². The molecule has 0 atom stereocenters. The number of rotatable bonds is 3. The largest absolute Gasteiger partial charge is 0.355 e. The van der Waals surface area contributed by atoms with Crippen LogP contribution in [0.25, 0.3) is 11.1 Å². The van der Waals surface area contributed by atoms with Gasteiger partial charge in [0.2, 0.25) is 0 Å². The number of benzene rings is 3. The first-order valence-electron chi connectivity index (χ1n) is 7.43. The second-order valence-corrected chi connectivity index (χ2v) is 5.48. The van der Waals surface area contributed by atoms with Gasteiger partial charge in [0, 0.05) is 16.9 Å². The zero-order valence-electron chi connectivity index (χ0n) is 13.1. The van der Waals surface area contributed by atoms with E-state index in [0.717, 1.165) is 16.9 Å². The Morgan fingerprint density at radius 3 is 1.67 bits per heavy atom. The number of nitrogens with one attached hydrogen (secondary N) is 1. The fourth-order valence-corrected chi connectivity index (χ4v) is 2.63. The number of anilines is 2. The third-order valence-corrected chi connectivity index (χ3v) is 3.95. The van der Waals surface area contributed by atoms with E-state index in [1.54, 1.807) is 0 Å². The molecule has 102 valence electrons. The molecular formula is C18H10B5N. The van der Waals surface area contributed by atoms with Crippen molar-refractivity contribution in [1.29, 1.82) is 0 Å². The minimum absolute atomic E-state index is 0.210. The van der Waals surface area contributed by atoms with E-state index in [9.17, 15) is 0 Å². The van der Waals surface area contributed by atoms with Gasteiger partial charge in [-0.05, 0) is 23.8 Å². The van der Waals surface area contributed by atoms with E-state index in [-0.39, 0.29) is 16.4 Å². The standard InChI is InChI=1S/C18H10B5N/c19-14-13(15(20)17(22)18(23)16(14)21)11-8-4-5-9-12(11)24-10-6-2-1-3-7-10/h1-9,24H. The van der Waals surface area contributed by atoms with Crippen LogP contribution in [0.3, 0.4) is 0 Å². The Kier molecular flexibility index (Phi) is 4.66. The molecule has 3 aromatic carbocycles. The highest BCUT2D eigenvalue weighted by molar-refractivity contribution is 6.68. The summed E-state index contributed by atoms with van der Waals surface area (Å²) < 4.78 is 0. The van der Waals surface area contributed by atoms with Crippen LogP contribution in [0.15, 0.2) is 54.6 Å². The molecule has 0 fully saturated rings. The van der Waals surface area contributed by atoms with E-state index >= 15 is 0 Å². The number of hydrogen-bond acceptors (Lipinski definition) is 1. The minimum atomic E-state index is 0.210. The summed E-state index contributed by atoms with van der Waals surface area (Å²) in [4.78, 5) is 0. The molecule has 0 aliphatic carbocycles. The van der Waals surface area contributed by atoms with Crippen LogP contribution in [0.1, 0.15) is 0 Å². The van der Waals surface area contributed by atoms with Crippen LogP contribution in [0.5, 0.6) is 0 Å². The molecule has 0 saturated carbocycles. The Morgan fingerprint density at radius 2 is 1.04 bits per heavy atom. The van der Waals surface area contributed by atoms with Gasteiger partial charge in [-0.25, -0.2) is 0 Å². The lowest BCUT2D eigenvalue weighted by atomic mass is 9.59. The third kappa shape index (κ3) is 2.93. The first kappa shape index (κ1) is 16.6. The van der Waals surface area contributed by atoms with Crippen LogP contribution in [-0.4, -0.2) is 39.2 Å². The van der Waals surface area contributed by atoms with Gasteiger partial charge in [-0.2, -0.15) is 0 Å². The molecule has 0 aromatic heterocycles. The van der Waals surface area contributed by atoms with Crippen molar-refractivity contribution in [2.75, 3.05) is 5.32 Å². The Hall–Kier alpha value is -2.22. The Balaban J connectivity index is 2.18. The summed E-state index contributed by atoms with van der Waals surface area (Å²) in [7, 11) is 30.2. The van der Waals surface area contributed by atoms with Crippen molar-refractivity contribution in [3.63, 3.8) is 0 Å². The van der Waals surface area contributed by atoms with Gasteiger partial charge >= 0.3 is 0 Å². The van der Waals surface area contributed by atoms with Gasteiger partial charge < -0.3 is 5.32 Å². The Morgan fingerprint density at radius 1 is 0.542 bits per heavy atom. The molecule has 0 heterocycles. The van der Waals surface area contributed by atoms with E-state index in [1.807, 2.05) is 54.6 Å². The van der Waals surface area contributed by atoms with Gasteiger partial charge in [0.15, 0.2) is 0 Å². The van der Waals surface area contributed by atoms with E-state index < -0.39 is 0 Å². The summed E-state index contributed by atoms with van der Waals surface area (Å²) >= 11 is 0. The maximum absolute atomic E-state index is 6.18. The average molecular weight is 294 g/mol. The lowest BCUT2D eigenvalue weighted by Crippen LogP contribution is -2.55. The minimum Gasteiger partial charge on any atom is -0.355 e. The van der Waals surface area contributed by atoms with Gasteiger partial charge in [0.05, 0.1) is 0 Å². The highest BCUT2D eigenvalue weighted by Gasteiger charge is 2.14. The van der Waals surface area contributed by atoms with E-state index in [1.165, 1.54) is 0 Å². The Bertz CT molecular complexity index is 864. The summed E-state index contributed by atoms with van der Waals surface area (Å²) in [6, 6.07) is 17.4. The molecule has 0 saturated heterocycles. The second-order valence-electron chi connectivity index (χ2n) is 5.48. The van der Waals surface area contributed by atoms with Gasteiger partial charge in [-0.1, -0.05) is 47.3 Å². The predicted molar refractivity (Wildman–Crippen MR) is 109 cm³/mol. The second kappa shape index (κ2) is 6.72. The first-order valence-corrected chi connectivity index (χ1v) is 7.43. The average Bonchev–Trinajstić information content (AvgIpc) is 2.61. The zero-order chi connectivity index (χ0) is 17.3. The summed E-state index contributed by atoms with van der Waals surface area (Å²) in [5.74, 6) is 0. The van der Waals surface area contributed by atoms with Crippen LogP contribution >= 0.6 is 0 Å². The van der Waals surface area contributed by atoms with E-state index in [4.69, 9.17) is 39.2 Å². The maximum atomic E-state index is 6.18. The normalized spacial score (nSPS) is 10.5. The van der Waals surface area contributed by atoms with Crippen molar-refractivity contribution in [3.05, 3.63) is 54.6 Å². The molecule has 0 unspecified atom stereocenters. The molecule has 24 heavy (non-hydrogen) atoms. The molecule has 0 bridgehead atoms. The van der Waals surface area contributed by atoms with Crippen LogP contribution in [-0.2, 0) is 0 Å². The Labute approximate surface area is 149 Å². The zero-order valence-corrected chi connectivity index (χ0v) is 13.1. The molecule has 1 N–H and O–H groups in total. The molecule has 6 heteroatoms. The molecule has 0 aliphatic heterocycles. The van der Waals surface area contributed by atoms with Gasteiger partial charge in [0.1, 0.15) is 39.2 Å². The topological polar surface area (TPSA) is 12.0 Å². The summed E-state index contributed by atoms with van der Waals surface area (Å²) in [6.07, 6.45) is 0. The molecular weight excluding hydrogens is 284 g/mol. The van der Waals surface area contributed by atoms with Crippen LogP contribution in [0.4, 0.5) is 11.4 Å². The summed E-state index contributed by atoms with van der Waals surface area (Å²) in [5.41, 5.74) is 4.50. The van der Waals surface area contributed by atoms with Crippen LogP contribution in [0, 0.1) is 0 Å². The van der Waals surface area contributed by atoms with Crippen molar-refractivity contribution < 1.29 is 0 Å². The molecule has 0 aliphatic rings. The predicted octanol–water partition coefficient (Wildman–Crippen LogP) is -0.934. The first-order chi connectivity index (χ1) is 11.5. The van der Waals surface area contributed by atoms with Crippen molar-refractivity contribution >= 4 is 77.9 Å². The molecule has 3 rings (SSSR count). The van der Waals surface area contributed by atoms with Crippen molar-refractivity contribution in [2.45, 2.75) is 0 Å². The monoisotopic (exact) mass is 295 g/mol. The molecule has 10 radical (unpaired) electrons. The smallest absolute Gasteiger partial charge is 0.113 e. The van der Waals surface area contributed by atoms with Crippen molar-refractivity contribution in [1.82, 2.24) is 0 Å². The van der Waals surface area contributed by atoms with Crippen LogP contribution in [0.2, 0.25) is 0 Å². The van der Waals surface area contributed by atoms with E-state index in [0.29, 0.717) is 16.5 Å². The number of para-hydroxylation sites is 2. The summed E-state index contributed by atoms with van der Waals surface area (Å²) in [5, 5.41) is 3.35. The van der Waals surface area contributed by atoms with E-state index in [2.05, 4.69) is 5.32 Å². The third-order valence-electron chi connectivity index (χ3n) is 3.95. The van der Waals surface area contributed by atoms with Gasteiger partial charge in [-0.15, -0.1) is 16.4 Å². The molecule has 0 amide bonds. The van der Waals surface area contributed by atoms with Gasteiger partial charge in [-0.3, -0.25) is 0 Å². The van der Waals surface area contributed by atoms with Crippen LogP contribution < -0.4 is 32.6 Å². The lowest BCUT2D eigenvalue weighted by molar-refractivity contribution is 1.55. The summed E-state index contributed by atoms with van der Waals surface area (Å²) in [6.45, 7) is 0. The SMILES string of the molecule is [B]c1c([B])c([B])c(-c2ccccc2Nc2ccccc2)c([B])c1[B]. The highest BCUT2D eigenvalue weighted by Crippen LogP contribution is 2.27. The molecule has 1 nitrogen and oxygen atoms in total. The van der Waals surface area contributed by atoms with Gasteiger partial charge in [0.25, 0.3) is 0 Å². The fourth-order valence-electron chi connectivity index (χ4n) is 2.63. The molecule has 3 aromatic rings. The maximum Gasteiger partial charge on any atom is 0.113 e. The lowest BCUT2D eigenvalue weighted by Gasteiger charge is -2.23. The quantitative estimate of drug-likeness (QED) is 0.615. The highest BCUT2D eigenvalue weighted by atomic mass is 14.9. The fraction of sp³-hybridized carbons (Fsp3) is 0. The van der Waals surface area contributed by atoms with Crippen molar-refractivity contribution in [3.8, 4) is 11.1 Å².